The lowest BCUT2D eigenvalue weighted by Gasteiger charge is -2.23. The number of carbonyl (C=O) groups excluding carboxylic acids is 1. The summed E-state index contributed by atoms with van der Waals surface area (Å²) in [6, 6.07) is 2.38. The molecule has 0 aliphatic carbocycles. The van der Waals surface area contributed by atoms with Crippen molar-refractivity contribution < 1.29 is 30.8 Å². The van der Waals surface area contributed by atoms with Gasteiger partial charge in [-0.1, -0.05) is 6.08 Å². The normalized spacial score (nSPS) is 12.3. The Bertz CT molecular complexity index is 730. The zero-order chi connectivity index (χ0) is 18.7. The minimum atomic E-state index is -4.64. The summed E-state index contributed by atoms with van der Waals surface area (Å²) >= 11 is 0. The summed E-state index contributed by atoms with van der Waals surface area (Å²) in [4.78, 5) is 11.9. The monoisotopic (exact) mass is 368 g/mol. The SMILES string of the molecule is C=CCN(CC(F)(F)F)C(=O)c1ccc(F)c(S(=O)(=O)N(C)C)c1. The van der Waals surface area contributed by atoms with Crippen molar-refractivity contribution >= 4 is 15.9 Å². The van der Waals surface area contributed by atoms with E-state index in [9.17, 15) is 30.8 Å². The molecule has 0 saturated carbocycles. The fraction of sp³-hybridized carbons (Fsp3) is 0.357. The smallest absolute Gasteiger partial charge is 0.326 e. The van der Waals surface area contributed by atoms with Gasteiger partial charge in [0.15, 0.2) is 0 Å². The van der Waals surface area contributed by atoms with Crippen LogP contribution in [0.15, 0.2) is 35.7 Å². The van der Waals surface area contributed by atoms with Crippen molar-refractivity contribution in [2.75, 3.05) is 27.2 Å². The summed E-state index contributed by atoms with van der Waals surface area (Å²) in [5.74, 6) is -2.19. The molecule has 0 fully saturated rings. The number of sulfonamides is 1. The molecule has 24 heavy (non-hydrogen) atoms. The molecule has 5 nitrogen and oxygen atoms in total. The maximum Gasteiger partial charge on any atom is 0.406 e. The van der Waals surface area contributed by atoms with Crippen molar-refractivity contribution in [2.45, 2.75) is 11.1 Å². The number of carbonyl (C=O) groups is 1. The molecule has 0 spiro atoms. The fourth-order valence-corrected chi connectivity index (χ4v) is 2.79. The predicted octanol–water partition coefficient (Wildman–Crippen LogP) is 2.27. The second-order valence-electron chi connectivity index (χ2n) is 5.02. The van der Waals surface area contributed by atoms with Crippen molar-refractivity contribution in [3.8, 4) is 0 Å². The van der Waals surface area contributed by atoms with E-state index in [0.717, 1.165) is 42.7 Å². The first-order chi connectivity index (χ1) is 10.9. The summed E-state index contributed by atoms with van der Waals surface area (Å²) in [6.45, 7) is 1.34. The summed E-state index contributed by atoms with van der Waals surface area (Å²) in [5, 5.41) is 0. The number of halogens is 4. The van der Waals surface area contributed by atoms with Crippen LogP contribution in [0.25, 0.3) is 0 Å². The van der Waals surface area contributed by atoms with E-state index in [0.29, 0.717) is 4.90 Å². The van der Waals surface area contributed by atoms with E-state index in [2.05, 4.69) is 6.58 Å². The third kappa shape index (κ3) is 4.78. The van der Waals surface area contributed by atoms with Crippen molar-refractivity contribution in [2.24, 2.45) is 0 Å². The Morgan fingerprint density at radius 1 is 1.29 bits per heavy atom. The van der Waals surface area contributed by atoms with Crippen LogP contribution in [0, 0.1) is 5.82 Å². The number of benzene rings is 1. The van der Waals surface area contributed by atoms with E-state index in [4.69, 9.17) is 0 Å². The molecular weight excluding hydrogens is 352 g/mol. The highest BCUT2D eigenvalue weighted by molar-refractivity contribution is 7.89. The lowest BCUT2D eigenvalue weighted by molar-refractivity contribution is -0.139. The average molecular weight is 368 g/mol. The molecule has 1 amide bonds. The van der Waals surface area contributed by atoms with Gasteiger partial charge < -0.3 is 4.90 Å². The number of hydrogen-bond acceptors (Lipinski definition) is 3. The van der Waals surface area contributed by atoms with Crippen molar-refractivity contribution in [1.29, 1.82) is 0 Å². The van der Waals surface area contributed by atoms with E-state index in [1.807, 2.05) is 0 Å². The van der Waals surface area contributed by atoms with Crippen LogP contribution in [0.1, 0.15) is 10.4 Å². The van der Waals surface area contributed by atoms with Crippen LogP contribution in [-0.4, -0.2) is 56.9 Å². The molecule has 1 aromatic rings. The van der Waals surface area contributed by atoms with Crippen LogP contribution < -0.4 is 0 Å². The second-order valence-corrected chi connectivity index (χ2v) is 7.14. The minimum absolute atomic E-state index is 0.372. The van der Waals surface area contributed by atoms with Crippen LogP contribution in [0.5, 0.6) is 0 Å². The largest absolute Gasteiger partial charge is 0.406 e. The molecule has 0 radical (unpaired) electrons. The van der Waals surface area contributed by atoms with Gasteiger partial charge in [0.2, 0.25) is 10.0 Å². The zero-order valence-electron chi connectivity index (χ0n) is 13.0. The van der Waals surface area contributed by atoms with Crippen LogP contribution >= 0.6 is 0 Å². The third-order valence-electron chi connectivity index (χ3n) is 2.94. The molecule has 0 atom stereocenters. The van der Waals surface area contributed by atoms with Gasteiger partial charge in [-0.15, -0.1) is 6.58 Å². The first-order valence-electron chi connectivity index (χ1n) is 6.59. The Balaban J connectivity index is 3.31. The summed E-state index contributed by atoms with van der Waals surface area (Å²) in [6.07, 6.45) is -3.54. The van der Waals surface area contributed by atoms with Crippen LogP contribution in [0.3, 0.4) is 0 Å². The quantitative estimate of drug-likeness (QED) is 0.572. The maximum absolute atomic E-state index is 13.8. The van der Waals surface area contributed by atoms with Crippen LogP contribution in [-0.2, 0) is 10.0 Å². The van der Waals surface area contributed by atoms with Crippen LogP contribution in [0.4, 0.5) is 17.6 Å². The van der Waals surface area contributed by atoms with Crippen molar-refractivity contribution in [3.63, 3.8) is 0 Å². The first kappa shape index (κ1) is 20.1. The number of rotatable bonds is 6. The Morgan fingerprint density at radius 3 is 2.33 bits per heavy atom. The van der Waals surface area contributed by atoms with E-state index >= 15 is 0 Å². The van der Waals surface area contributed by atoms with Gasteiger partial charge in [0, 0.05) is 26.2 Å². The Kier molecular flexibility index (Phi) is 6.12. The van der Waals surface area contributed by atoms with E-state index < -0.39 is 45.9 Å². The van der Waals surface area contributed by atoms with Gasteiger partial charge in [0.25, 0.3) is 5.91 Å². The molecule has 0 heterocycles. The van der Waals surface area contributed by atoms with Crippen molar-refractivity contribution in [1.82, 2.24) is 9.21 Å². The predicted molar refractivity (Wildman–Crippen MR) is 79.4 cm³/mol. The summed E-state index contributed by atoms with van der Waals surface area (Å²) in [5.41, 5.74) is -0.372. The molecule has 1 rings (SSSR count). The molecule has 10 heteroatoms. The lowest BCUT2D eigenvalue weighted by Crippen LogP contribution is -2.39. The Hall–Kier alpha value is -1.94. The molecule has 0 aliphatic rings. The molecule has 0 N–H and O–H groups in total. The van der Waals surface area contributed by atoms with E-state index in [-0.39, 0.29) is 5.56 Å². The van der Waals surface area contributed by atoms with Gasteiger partial charge in [-0.2, -0.15) is 13.2 Å². The highest BCUT2D eigenvalue weighted by Crippen LogP contribution is 2.22. The topological polar surface area (TPSA) is 57.7 Å². The minimum Gasteiger partial charge on any atom is -0.326 e. The van der Waals surface area contributed by atoms with Gasteiger partial charge in [-0.3, -0.25) is 4.79 Å². The summed E-state index contributed by atoms with van der Waals surface area (Å²) < 4.78 is 76.2. The second kappa shape index (κ2) is 7.31. The Labute approximate surface area is 137 Å². The van der Waals surface area contributed by atoms with Crippen LogP contribution in [0.2, 0.25) is 0 Å². The number of amides is 1. The number of alkyl halides is 3. The molecule has 0 saturated heterocycles. The van der Waals surface area contributed by atoms with E-state index in [1.54, 1.807) is 0 Å². The molecule has 0 aliphatic heterocycles. The van der Waals surface area contributed by atoms with Crippen molar-refractivity contribution in [3.05, 3.63) is 42.2 Å². The summed E-state index contributed by atoms with van der Waals surface area (Å²) in [7, 11) is -1.86. The maximum atomic E-state index is 13.8. The highest BCUT2D eigenvalue weighted by Gasteiger charge is 2.33. The van der Waals surface area contributed by atoms with Gasteiger partial charge in [0.1, 0.15) is 17.3 Å². The average Bonchev–Trinajstić information content (AvgIpc) is 2.44. The molecule has 134 valence electrons. The molecule has 0 unspecified atom stereocenters. The van der Waals surface area contributed by atoms with Gasteiger partial charge in [-0.05, 0) is 18.2 Å². The molecular formula is C14H16F4N2O3S. The van der Waals surface area contributed by atoms with Gasteiger partial charge >= 0.3 is 6.18 Å². The first-order valence-corrected chi connectivity index (χ1v) is 8.03. The lowest BCUT2D eigenvalue weighted by atomic mass is 10.2. The molecule has 0 bridgehead atoms. The standard InChI is InChI=1S/C14H16F4N2O3S/c1-4-7-20(9-14(16,17)18)13(21)10-5-6-11(15)12(8-10)24(22,23)19(2)3/h4-6,8H,1,7,9H2,2-3H3. The Morgan fingerprint density at radius 2 is 1.88 bits per heavy atom. The molecule has 1 aromatic carbocycles. The van der Waals surface area contributed by atoms with Gasteiger partial charge in [0.05, 0.1) is 0 Å². The molecule has 0 aromatic heterocycles. The van der Waals surface area contributed by atoms with Gasteiger partial charge in [-0.25, -0.2) is 17.1 Å². The fourth-order valence-electron chi connectivity index (χ4n) is 1.80. The number of nitrogens with zero attached hydrogens (tertiary/aromatic N) is 2. The number of hydrogen-bond donors (Lipinski definition) is 0. The third-order valence-corrected chi connectivity index (χ3v) is 4.77. The van der Waals surface area contributed by atoms with E-state index in [1.165, 1.54) is 0 Å². The highest BCUT2D eigenvalue weighted by atomic mass is 32.2. The zero-order valence-corrected chi connectivity index (χ0v) is 13.8.